The number of hydrogen-bond acceptors (Lipinski definition) is 3. The quantitative estimate of drug-likeness (QED) is 0.580. The van der Waals surface area contributed by atoms with E-state index in [1.54, 1.807) is 0 Å². The van der Waals surface area contributed by atoms with E-state index >= 15 is 0 Å². The van der Waals surface area contributed by atoms with Gasteiger partial charge in [-0.1, -0.05) is 6.92 Å². The van der Waals surface area contributed by atoms with Gasteiger partial charge in [0, 0.05) is 26.2 Å². The van der Waals surface area contributed by atoms with E-state index in [0.29, 0.717) is 6.54 Å². The summed E-state index contributed by atoms with van der Waals surface area (Å²) in [5.41, 5.74) is 0. The molecule has 0 saturated carbocycles. The summed E-state index contributed by atoms with van der Waals surface area (Å²) in [6, 6.07) is 0. The van der Waals surface area contributed by atoms with Gasteiger partial charge in [0.2, 0.25) is 0 Å². The van der Waals surface area contributed by atoms with Crippen molar-refractivity contribution in [2.45, 2.75) is 13.0 Å². The molecule has 0 radical (unpaired) electrons. The molecule has 3 nitrogen and oxygen atoms in total. The summed E-state index contributed by atoms with van der Waals surface area (Å²) < 4.78 is 0. The van der Waals surface area contributed by atoms with Crippen LogP contribution in [0.5, 0.6) is 0 Å². The molecule has 11 heavy (non-hydrogen) atoms. The molecular weight excluding hydrogens is 140 g/mol. The third-order valence-corrected chi connectivity index (χ3v) is 2.05. The zero-order chi connectivity index (χ0) is 8.27. The number of nitrogens with zero attached hydrogens (tertiary/aromatic N) is 1. The van der Waals surface area contributed by atoms with Crippen LogP contribution in [0.25, 0.3) is 0 Å². The topological polar surface area (TPSA) is 35.5 Å². The number of aliphatic hydroxyl groups excluding tert-OH is 1. The fourth-order valence-corrected chi connectivity index (χ4v) is 1.58. The lowest BCUT2D eigenvalue weighted by molar-refractivity contribution is 0.0478. The van der Waals surface area contributed by atoms with Gasteiger partial charge in [0.05, 0.1) is 6.10 Å². The Kier molecular flexibility index (Phi) is 3.30. The van der Waals surface area contributed by atoms with Crippen LogP contribution in [0.3, 0.4) is 0 Å². The third-order valence-electron chi connectivity index (χ3n) is 2.05. The molecule has 1 rings (SSSR count). The van der Waals surface area contributed by atoms with E-state index < -0.39 is 0 Å². The molecule has 0 bridgehead atoms. The lowest BCUT2D eigenvalue weighted by Crippen LogP contribution is -2.49. The van der Waals surface area contributed by atoms with Crippen LogP contribution in [-0.4, -0.2) is 49.3 Å². The molecule has 0 aromatic rings. The van der Waals surface area contributed by atoms with Crippen LogP contribution in [0.4, 0.5) is 0 Å². The van der Waals surface area contributed by atoms with Gasteiger partial charge in [-0.05, 0) is 13.0 Å². The molecule has 1 fully saturated rings. The highest BCUT2D eigenvalue weighted by Gasteiger charge is 2.23. The Hall–Kier alpha value is -0.120. The van der Waals surface area contributed by atoms with E-state index in [0.717, 1.165) is 25.6 Å². The molecule has 0 aliphatic carbocycles. The van der Waals surface area contributed by atoms with Gasteiger partial charge >= 0.3 is 0 Å². The Morgan fingerprint density at radius 1 is 1.64 bits per heavy atom. The van der Waals surface area contributed by atoms with Crippen molar-refractivity contribution in [1.29, 1.82) is 0 Å². The lowest BCUT2D eigenvalue weighted by atomic mass is 10.0. The van der Waals surface area contributed by atoms with Crippen molar-refractivity contribution in [3.63, 3.8) is 0 Å². The van der Waals surface area contributed by atoms with Gasteiger partial charge in [-0.2, -0.15) is 0 Å². The van der Waals surface area contributed by atoms with Crippen LogP contribution in [0.15, 0.2) is 0 Å². The van der Waals surface area contributed by atoms with E-state index in [2.05, 4.69) is 17.1 Å². The summed E-state index contributed by atoms with van der Waals surface area (Å²) >= 11 is 0. The minimum absolute atomic E-state index is 0.201. The first-order valence-corrected chi connectivity index (χ1v) is 4.27. The Morgan fingerprint density at radius 2 is 2.27 bits per heavy atom. The SMILES string of the molecule is CNCC(O)CN1CC(C)C1. The van der Waals surface area contributed by atoms with E-state index in [1.807, 2.05) is 7.05 Å². The third kappa shape index (κ3) is 2.77. The molecule has 1 atom stereocenters. The number of aliphatic hydroxyl groups is 1. The molecule has 3 heteroatoms. The zero-order valence-corrected chi connectivity index (χ0v) is 7.38. The number of nitrogens with one attached hydrogen (secondary N) is 1. The highest BCUT2D eigenvalue weighted by Crippen LogP contribution is 2.13. The van der Waals surface area contributed by atoms with Crippen LogP contribution in [0, 0.1) is 5.92 Å². The second-order valence-electron chi connectivity index (χ2n) is 3.54. The highest BCUT2D eigenvalue weighted by atomic mass is 16.3. The first-order valence-electron chi connectivity index (χ1n) is 4.27. The van der Waals surface area contributed by atoms with Crippen LogP contribution in [-0.2, 0) is 0 Å². The maximum atomic E-state index is 9.37. The maximum absolute atomic E-state index is 9.37. The van der Waals surface area contributed by atoms with Gasteiger partial charge in [-0.15, -0.1) is 0 Å². The van der Waals surface area contributed by atoms with Gasteiger partial charge in [0.15, 0.2) is 0 Å². The molecular formula is C8H18N2O. The molecule has 1 aliphatic rings. The predicted molar refractivity (Wildman–Crippen MR) is 45.5 cm³/mol. The summed E-state index contributed by atoms with van der Waals surface area (Å²) in [5.74, 6) is 0.830. The summed E-state index contributed by atoms with van der Waals surface area (Å²) in [6.07, 6.45) is -0.201. The fraction of sp³-hybridized carbons (Fsp3) is 1.00. The van der Waals surface area contributed by atoms with E-state index in [9.17, 15) is 5.11 Å². The molecule has 0 amide bonds. The van der Waals surface area contributed by atoms with Crippen molar-refractivity contribution < 1.29 is 5.11 Å². The van der Waals surface area contributed by atoms with E-state index in [-0.39, 0.29) is 6.10 Å². The smallest absolute Gasteiger partial charge is 0.0791 e. The number of likely N-dealkylation sites (tertiary alicyclic amines) is 1. The molecule has 1 aliphatic heterocycles. The van der Waals surface area contributed by atoms with E-state index in [1.165, 1.54) is 0 Å². The monoisotopic (exact) mass is 158 g/mol. The molecule has 2 N–H and O–H groups in total. The molecule has 1 heterocycles. The molecule has 1 saturated heterocycles. The average Bonchev–Trinajstić information content (AvgIpc) is 1.85. The van der Waals surface area contributed by atoms with Crippen LogP contribution in [0.2, 0.25) is 0 Å². The standard InChI is InChI=1S/C8H18N2O/c1-7-4-10(5-7)6-8(11)3-9-2/h7-9,11H,3-6H2,1-2H3. The highest BCUT2D eigenvalue weighted by molar-refractivity contribution is 4.78. The van der Waals surface area contributed by atoms with Crippen LogP contribution >= 0.6 is 0 Å². The second-order valence-corrected chi connectivity index (χ2v) is 3.54. The number of rotatable bonds is 4. The van der Waals surface area contributed by atoms with Crippen molar-refractivity contribution in [3.05, 3.63) is 0 Å². The van der Waals surface area contributed by atoms with Crippen LogP contribution in [0.1, 0.15) is 6.92 Å². The average molecular weight is 158 g/mol. The molecule has 66 valence electrons. The molecule has 0 spiro atoms. The Balaban J connectivity index is 2.02. The summed E-state index contributed by atoms with van der Waals surface area (Å²) in [7, 11) is 1.86. The number of likely N-dealkylation sites (N-methyl/N-ethyl adjacent to an activating group) is 1. The Morgan fingerprint density at radius 3 is 2.73 bits per heavy atom. The van der Waals surface area contributed by atoms with Crippen molar-refractivity contribution in [1.82, 2.24) is 10.2 Å². The summed E-state index contributed by atoms with van der Waals surface area (Å²) in [5, 5.41) is 12.3. The fourth-order valence-electron chi connectivity index (χ4n) is 1.58. The largest absolute Gasteiger partial charge is 0.390 e. The molecule has 0 aromatic heterocycles. The van der Waals surface area contributed by atoms with Crippen molar-refractivity contribution in [2.24, 2.45) is 5.92 Å². The van der Waals surface area contributed by atoms with Gasteiger partial charge in [0.1, 0.15) is 0 Å². The molecule has 0 aromatic carbocycles. The summed E-state index contributed by atoms with van der Waals surface area (Å²) in [4.78, 5) is 2.28. The predicted octanol–water partition coefficient (Wildman–Crippen LogP) is -0.482. The normalized spacial score (nSPS) is 23.2. The van der Waals surface area contributed by atoms with Gasteiger partial charge in [-0.25, -0.2) is 0 Å². The number of β-amino-alcohol motifs (C(OH)–C–C–N with tert-alkyl or cyclic N) is 1. The number of hydrogen-bond donors (Lipinski definition) is 2. The Labute approximate surface area is 68.4 Å². The van der Waals surface area contributed by atoms with Gasteiger partial charge in [-0.3, -0.25) is 0 Å². The first kappa shape index (κ1) is 8.97. The minimum Gasteiger partial charge on any atom is -0.390 e. The van der Waals surface area contributed by atoms with Crippen molar-refractivity contribution in [3.8, 4) is 0 Å². The van der Waals surface area contributed by atoms with Crippen LogP contribution < -0.4 is 5.32 Å². The van der Waals surface area contributed by atoms with E-state index in [4.69, 9.17) is 0 Å². The maximum Gasteiger partial charge on any atom is 0.0791 e. The van der Waals surface area contributed by atoms with Crippen molar-refractivity contribution >= 4 is 0 Å². The zero-order valence-electron chi connectivity index (χ0n) is 7.38. The first-order chi connectivity index (χ1) is 5.22. The minimum atomic E-state index is -0.201. The van der Waals surface area contributed by atoms with Gasteiger partial charge < -0.3 is 15.3 Å². The summed E-state index contributed by atoms with van der Waals surface area (Å²) in [6.45, 7) is 6.07. The molecule has 1 unspecified atom stereocenters. The second kappa shape index (κ2) is 4.04. The lowest BCUT2D eigenvalue weighted by Gasteiger charge is -2.38. The van der Waals surface area contributed by atoms with Crippen molar-refractivity contribution in [2.75, 3.05) is 33.2 Å². The Bertz CT molecular complexity index is 110. The van der Waals surface area contributed by atoms with Gasteiger partial charge in [0.25, 0.3) is 0 Å².